The van der Waals surface area contributed by atoms with Crippen LogP contribution in [-0.4, -0.2) is 36.6 Å². The molecule has 1 aliphatic carbocycles. The first-order chi connectivity index (χ1) is 7.42. The third-order valence-corrected chi connectivity index (χ3v) is 2.61. The molecule has 0 aromatic heterocycles. The minimum atomic E-state index is -1.20. The Morgan fingerprint density at radius 2 is 1.94 bits per heavy atom. The fourth-order valence-electron chi connectivity index (χ4n) is 1.83. The summed E-state index contributed by atoms with van der Waals surface area (Å²) in [5.74, 6) is -1.43. The minimum Gasteiger partial charge on any atom is -0.467 e. The molecule has 2 atom stereocenters. The Morgan fingerprint density at radius 3 is 2.25 bits per heavy atom. The molecule has 1 amide bonds. The lowest BCUT2D eigenvalue weighted by Crippen LogP contribution is -2.69. The van der Waals surface area contributed by atoms with Crippen LogP contribution in [0.1, 0.15) is 26.7 Å². The number of hydrogen-bond donors (Lipinski definition) is 1. The molecule has 6 nitrogen and oxygen atoms in total. The van der Waals surface area contributed by atoms with E-state index in [-0.39, 0.29) is 5.91 Å². The molecule has 0 aromatic carbocycles. The summed E-state index contributed by atoms with van der Waals surface area (Å²) in [4.78, 5) is 33.5. The lowest BCUT2D eigenvalue weighted by Gasteiger charge is -2.45. The molecule has 0 bridgehead atoms. The largest absolute Gasteiger partial charge is 0.467 e. The van der Waals surface area contributed by atoms with Gasteiger partial charge in [0.2, 0.25) is 5.91 Å². The van der Waals surface area contributed by atoms with Crippen molar-refractivity contribution in [3.05, 3.63) is 0 Å². The molecule has 1 fully saturated rings. The average molecular weight is 229 g/mol. The van der Waals surface area contributed by atoms with Crippen molar-refractivity contribution in [2.75, 3.05) is 7.11 Å². The molecule has 2 unspecified atom stereocenters. The molecule has 0 saturated heterocycles. The van der Waals surface area contributed by atoms with Crippen LogP contribution in [0.2, 0.25) is 0 Å². The first kappa shape index (κ1) is 12.5. The fourth-order valence-corrected chi connectivity index (χ4v) is 1.83. The molecule has 0 aliphatic heterocycles. The normalized spacial score (nSPS) is 27.6. The number of hydrogen-bond acceptors (Lipinski definition) is 5. The number of rotatable bonds is 3. The molecule has 0 heterocycles. The maximum absolute atomic E-state index is 11.6. The number of methoxy groups -OCH3 is 1. The molecule has 90 valence electrons. The summed E-state index contributed by atoms with van der Waals surface area (Å²) in [6.07, 6.45) is 0.313. The van der Waals surface area contributed by atoms with Gasteiger partial charge in [0, 0.05) is 13.8 Å². The van der Waals surface area contributed by atoms with Gasteiger partial charge in [-0.25, -0.2) is 4.79 Å². The average Bonchev–Trinajstić information content (AvgIpc) is 2.19. The van der Waals surface area contributed by atoms with Crippen molar-refractivity contribution in [3.63, 3.8) is 0 Å². The standard InChI is InChI=1S/C10H15NO5/c1-6(12)11-10(9(14)15-3)5-4-8(10)16-7(2)13/h8H,4-5H2,1-3H3,(H,11,12). The highest BCUT2D eigenvalue weighted by Crippen LogP contribution is 2.36. The zero-order valence-electron chi connectivity index (χ0n) is 9.53. The summed E-state index contributed by atoms with van der Waals surface area (Å²) in [6, 6.07) is 0. The predicted octanol–water partition coefficient (Wildman–Crippen LogP) is -0.240. The lowest BCUT2D eigenvalue weighted by molar-refractivity contribution is -0.177. The van der Waals surface area contributed by atoms with Crippen molar-refractivity contribution >= 4 is 17.8 Å². The van der Waals surface area contributed by atoms with Crippen LogP contribution in [-0.2, 0) is 23.9 Å². The summed E-state index contributed by atoms with van der Waals surface area (Å²) in [5.41, 5.74) is -1.20. The van der Waals surface area contributed by atoms with Crippen LogP contribution < -0.4 is 5.32 Å². The molecule has 0 aromatic rings. The van der Waals surface area contributed by atoms with Crippen LogP contribution in [0, 0.1) is 0 Å². The van der Waals surface area contributed by atoms with E-state index in [1.807, 2.05) is 0 Å². The zero-order valence-corrected chi connectivity index (χ0v) is 9.53. The van der Waals surface area contributed by atoms with Crippen molar-refractivity contribution in [2.45, 2.75) is 38.3 Å². The third-order valence-electron chi connectivity index (χ3n) is 2.61. The van der Waals surface area contributed by atoms with Gasteiger partial charge in [-0.15, -0.1) is 0 Å². The highest BCUT2D eigenvalue weighted by atomic mass is 16.6. The number of ether oxygens (including phenoxy) is 2. The molecule has 1 aliphatic rings. The number of nitrogens with one attached hydrogen (secondary N) is 1. The van der Waals surface area contributed by atoms with Gasteiger partial charge in [-0.3, -0.25) is 9.59 Å². The number of esters is 2. The maximum Gasteiger partial charge on any atom is 0.335 e. The van der Waals surface area contributed by atoms with E-state index in [0.29, 0.717) is 12.8 Å². The predicted molar refractivity (Wildman–Crippen MR) is 53.4 cm³/mol. The van der Waals surface area contributed by atoms with E-state index in [1.165, 1.54) is 21.0 Å². The molecular formula is C10H15NO5. The summed E-state index contributed by atoms with van der Waals surface area (Å²) < 4.78 is 9.60. The van der Waals surface area contributed by atoms with Crippen molar-refractivity contribution in [1.29, 1.82) is 0 Å². The van der Waals surface area contributed by atoms with Gasteiger partial charge in [-0.2, -0.15) is 0 Å². The van der Waals surface area contributed by atoms with E-state index in [9.17, 15) is 14.4 Å². The quantitative estimate of drug-likeness (QED) is 0.675. The van der Waals surface area contributed by atoms with Crippen molar-refractivity contribution < 1.29 is 23.9 Å². The van der Waals surface area contributed by atoms with E-state index in [4.69, 9.17) is 4.74 Å². The van der Waals surface area contributed by atoms with Gasteiger partial charge >= 0.3 is 11.9 Å². The first-order valence-corrected chi connectivity index (χ1v) is 4.97. The monoisotopic (exact) mass is 229 g/mol. The van der Waals surface area contributed by atoms with Gasteiger partial charge in [-0.05, 0) is 12.8 Å². The van der Waals surface area contributed by atoms with Gasteiger partial charge in [0.25, 0.3) is 0 Å². The number of carbonyl (C=O) groups excluding carboxylic acids is 3. The van der Waals surface area contributed by atoms with E-state index in [1.54, 1.807) is 0 Å². The number of carbonyl (C=O) groups is 3. The molecular weight excluding hydrogens is 214 g/mol. The van der Waals surface area contributed by atoms with Crippen LogP contribution in [0.3, 0.4) is 0 Å². The topological polar surface area (TPSA) is 81.7 Å². The zero-order chi connectivity index (χ0) is 12.3. The highest BCUT2D eigenvalue weighted by molar-refractivity contribution is 5.89. The Kier molecular flexibility index (Phi) is 3.51. The number of amides is 1. The molecule has 0 radical (unpaired) electrons. The van der Waals surface area contributed by atoms with E-state index in [0.717, 1.165) is 0 Å². The second kappa shape index (κ2) is 4.51. The minimum absolute atomic E-state index is 0.359. The van der Waals surface area contributed by atoms with Crippen LogP contribution in [0.5, 0.6) is 0 Å². The van der Waals surface area contributed by atoms with Crippen molar-refractivity contribution in [1.82, 2.24) is 5.32 Å². The maximum atomic E-state index is 11.6. The van der Waals surface area contributed by atoms with Crippen molar-refractivity contribution in [3.8, 4) is 0 Å². The first-order valence-electron chi connectivity index (χ1n) is 4.97. The SMILES string of the molecule is COC(=O)C1(NC(C)=O)CCC1OC(C)=O. The van der Waals surface area contributed by atoms with Gasteiger partial charge < -0.3 is 14.8 Å². The third kappa shape index (κ3) is 2.15. The van der Waals surface area contributed by atoms with Crippen LogP contribution in [0.25, 0.3) is 0 Å². The van der Waals surface area contributed by atoms with Crippen LogP contribution >= 0.6 is 0 Å². The smallest absolute Gasteiger partial charge is 0.335 e. The van der Waals surface area contributed by atoms with E-state index >= 15 is 0 Å². The Balaban J connectivity index is 2.83. The fraction of sp³-hybridized carbons (Fsp3) is 0.700. The molecule has 1 rings (SSSR count). The van der Waals surface area contributed by atoms with Gasteiger partial charge in [0.15, 0.2) is 5.54 Å². The second-order valence-electron chi connectivity index (χ2n) is 3.78. The summed E-state index contributed by atoms with van der Waals surface area (Å²) >= 11 is 0. The Morgan fingerprint density at radius 1 is 1.31 bits per heavy atom. The molecule has 1 saturated carbocycles. The second-order valence-corrected chi connectivity index (χ2v) is 3.78. The van der Waals surface area contributed by atoms with Crippen LogP contribution in [0.4, 0.5) is 0 Å². The van der Waals surface area contributed by atoms with Gasteiger partial charge in [-0.1, -0.05) is 0 Å². The van der Waals surface area contributed by atoms with Gasteiger partial charge in [0.1, 0.15) is 6.10 Å². The molecule has 1 N–H and O–H groups in total. The molecule has 16 heavy (non-hydrogen) atoms. The van der Waals surface area contributed by atoms with E-state index < -0.39 is 23.6 Å². The Bertz CT molecular complexity index is 327. The molecule has 6 heteroatoms. The Labute approximate surface area is 93.3 Å². The van der Waals surface area contributed by atoms with Gasteiger partial charge in [0.05, 0.1) is 7.11 Å². The summed E-state index contributed by atoms with van der Waals surface area (Å²) in [7, 11) is 1.23. The highest BCUT2D eigenvalue weighted by Gasteiger charge is 2.56. The lowest BCUT2D eigenvalue weighted by atomic mass is 9.73. The molecule has 0 spiro atoms. The van der Waals surface area contributed by atoms with Crippen molar-refractivity contribution in [2.24, 2.45) is 0 Å². The summed E-state index contributed by atoms with van der Waals surface area (Å²) in [6.45, 7) is 2.56. The summed E-state index contributed by atoms with van der Waals surface area (Å²) in [5, 5.41) is 2.51. The van der Waals surface area contributed by atoms with E-state index in [2.05, 4.69) is 10.1 Å². The van der Waals surface area contributed by atoms with Crippen LogP contribution in [0.15, 0.2) is 0 Å². The Hall–Kier alpha value is -1.59.